The second-order valence-electron chi connectivity index (χ2n) is 4.18. The summed E-state index contributed by atoms with van der Waals surface area (Å²) in [5, 5.41) is 9.67. The Balaban J connectivity index is 2.63. The molecular formula is C13H16O2. The van der Waals surface area contributed by atoms with Crippen LogP contribution in [0.5, 0.6) is 11.5 Å². The van der Waals surface area contributed by atoms with Gasteiger partial charge in [-0.2, -0.15) is 0 Å². The van der Waals surface area contributed by atoms with E-state index < -0.39 is 0 Å². The van der Waals surface area contributed by atoms with Gasteiger partial charge in [-0.05, 0) is 44.0 Å². The molecule has 1 aromatic carbocycles. The Hall–Kier alpha value is -1.44. The normalized spacial score (nSPS) is 19.9. The molecule has 1 aliphatic rings. The Bertz CT molecular complexity index is 444. The predicted molar refractivity (Wildman–Crippen MR) is 60.3 cm³/mol. The molecule has 2 nitrogen and oxygen atoms in total. The summed E-state index contributed by atoms with van der Waals surface area (Å²) in [6.07, 6.45) is 0. The van der Waals surface area contributed by atoms with Gasteiger partial charge < -0.3 is 9.84 Å². The first-order chi connectivity index (χ1) is 7.02. The van der Waals surface area contributed by atoms with E-state index in [9.17, 15) is 5.11 Å². The van der Waals surface area contributed by atoms with Gasteiger partial charge in [-0.3, -0.25) is 0 Å². The van der Waals surface area contributed by atoms with Gasteiger partial charge in [-0.15, -0.1) is 0 Å². The third-order valence-corrected chi connectivity index (χ3v) is 3.35. The number of phenols is 1. The van der Waals surface area contributed by atoms with Crippen molar-refractivity contribution >= 4 is 0 Å². The second-order valence-corrected chi connectivity index (χ2v) is 4.18. The number of ether oxygens (including phenoxy) is 1. The summed E-state index contributed by atoms with van der Waals surface area (Å²) in [5.74, 6) is 2.51. The summed E-state index contributed by atoms with van der Waals surface area (Å²) < 4.78 is 5.72. The van der Waals surface area contributed by atoms with Crippen LogP contribution in [0.4, 0.5) is 0 Å². The minimum absolute atomic E-state index is 0.320. The van der Waals surface area contributed by atoms with Crippen LogP contribution in [0.2, 0.25) is 0 Å². The molecule has 0 radical (unpaired) electrons. The van der Waals surface area contributed by atoms with Crippen molar-refractivity contribution < 1.29 is 9.84 Å². The van der Waals surface area contributed by atoms with E-state index in [0.717, 1.165) is 22.6 Å². The Morgan fingerprint density at radius 2 is 1.87 bits per heavy atom. The standard InChI is InChI=1S/C13H16O2/c1-7-8(2)13-9(3)11(14)5-6-12(13)15-10(7)4/h5-6,8,14H,1-4H3. The molecule has 0 aliphatic carbocycles. The lowest BCUT2D eigenvalue weighted by molar-refractivity contribution is 0.390. The second kappa shape index (κ2) is 3.30. The molecule has 80 valence electrons. The van der Waals surface area contributed by atoms with Crippen molar-refractivity contribution in [2.75, 3.05) is 0 Å². The summed E-state index contributed by atoms with van der Waals surface area (Å²) in [6.45, 7) is 8.14. The lowest BCUT2D eigenvalue weighted by Crippen LogP contribution is -2.11. The quantitative estimate of drug-likeness (QED) is 0.701. The maximum Gasteiger partial charge on any atom is 0.131 e. The highest BCUT2D eigenvalue weighted by atomic mass is 16.5. The number of fused-ring (bicyclic) bond motifs is 1. The molecule has 2 rings (SSSR count). The molecule has 1 unspecified atom stereocenters. The maximum absolute atomic E-state index is 9.67. The number of rotatable bonds is 0. The fraction of sp³-hybridized carbons (Fsp3) is 0.385. The average Bonchev–Trinajstić information content (AvgIpc) is 2.20. The minimum atomic E-state index is 0.320. The molecule has 1 heterocycles. The Labute approximate surface area is 90.2 Å². The van der Waals surface area contributed by atoms with Gasteiger partial charge in [0.25, 0.3) is 0 Å². The summed E-state index contributed by atoms with van der Waals surface area (Å²) in [4.78, 5) is 0. The highest BCUT2D eigenvalue weighted by molar-refractivity contribution is 5.53. The van der Waals surface area contributed by atoms with Crippen LogP contribution in [-0.4, -0.2) is 5.11 Å². The van der Waals surface area contributed by atoms with Gasteiger partial charge in [0.15, 0.2) is 0 Å². The fourth-order valence-corrected chi connectivity index (χ4v) is 2.09. The van der Waals surface area contributed by atoms with Crippen LogP contribution in [0, 0.1) is 6.92 Å². The predicted octanol–water partition coefficient (Wildman–Crippen LogP) is 3.49. The van der Waals surface area contributed by atoms with Crippen molar-refractivity contribution in [2.24, 2.45) is 0 Å². The van der Waals surface area contributed by atoms with Crippen LogP contribution in [-0.2, 0) is 0 Å². The van der Waals surface area contributed by atoms with Gasteiger partial charge in [0, 0.05) is 11.5 Å². The SMILES string of the molecule is CC1=C(C)C(C)c2c(ccc(O)c2C)O1. The third-order valence-electron chi connectivity index (χ3n) is 3.35. The maximum atomic E-state index is 9.67. The van der Waals surface area contributed by atoms with Crippen molar-refractivity contribution in [3.63, 3.8) is 0 Å². The fourth-order valence-electron chi connectivity index (χ4n) is 2.09. The van der Waals surface area contributed by atoms with Crippen LogP contribution in [0.25, 0.3) is 0 Å². The van der Waals surface area contributed by atoms with E-state index in [4.69, 9.17) is 4.74 Å². The van der Waals surface area contributed by atoms with Crippen molar-refractivity contribution in [3.05, 3.63) is 34.6 Å². The van der Waals surface area contributed by atoms with Crippen molar-refractivity contribution in [3.8, 4) is 11.5 Å². The van der Waals surface area contributed by atoms with Gasteiger partial charge in [-0.1, -0.05) is 6.92 Å². The van der Waals surface area contributed by atoms with E-state index in [0.29, 0.717) is 11.7 Å². The molecular weight excluding hydrogens is 188 g/mol. The highest BCUT2D eigenvalue weighted by Crippen LogP contribution is 2.42. The molecule has 0 amide bonds. The van der Waals surface area contributed by atoms with Crippen LogP contribution >= 0.6 is 0 Å². The number of hydrogen-bond acceptors (Lipinski definition) is 2. The largest absolute Gasteiger partial charge is 0.508 e. The first kappa shape index (κ1) is 10.1. The molecule has 2 heteroatoms. The molecule has 0 aromatic heterocycles. The van der Waals surface area contributed by atoms with Crippen LogP contribution in [0.1, 0.15) is 37.8 Å². The lowest BCUT2D eigenvalue weighted by atomic mass is 9.87. The summed E-state index contributed by atoms with van der Waals surface area (Å²) in [5.41, 5.74) is 3.26. The number of hydrogen-bond donors (Lipinski definition) is 1. The number of phenolic OH excluding ortho intramolecular Hbond substituents is 1. The molecule has 0 bridgehead atoms. The van der Waals surface area contributed by atoms with E-state index in [1.807, 2.05) is 19.9 Å². The Kier molecular flexibility index (Phi) is 2.22. The summed E-state index contributed by atoms with van der Waals surface area (Å²) in [6, 6.07) is 3.53. The van der Waals surface area contributed by atoms with E-state index in [1.54, 1.807) is 6.07 Å². The molecule has 15 heavy (non-hydrogen) atoms. The zero-order chi connectivity index (χ0) is 11.2. The van der Waals surface area contributed by atoms with Crippen LogP contribution in [0.3, 0.4) is 0 Å². The van der Waals surface area contributed by atoms with Crippen molar-refractivity contribution in [2.45, 2.75) is 33.6 Å². The monoisotopic (exact) mass is 204 g/mol. The zero-order valence-corrected chi connectivity index (χ0v) is 9.59. The Morgan fingerprint density at radius 3 is 2.53 bits per heavy atom. The third kappa shape index (κ3) is 1.41. The molecule has 1 aromatic rings. The topological polar surface area (TPSA) is 29.5 Å². The Morgan fingerprint density at radius 1 is 1.20 bits per heavy atom. The molecule has 0 fully saturated rings. The van der Waals surface area contributed by atoms with Gasteiger partial charge in [-0.25, -0.2) is 0 Å². The summed E-state index contributed by atoms with van der Waals surface area (Å²) >= 11 is 0. The average molecular weight is 204 g/mol. The van der Waals surface area contributed by atoms with E-state index in [1.165, 1.54) is 5.57 Å². The lowest BCUT2D eigenvalue weighted by Gasteiger charge is -2.27. The first-order valence-corrected chi connectivity index (χ1v) is 5.20. The van der Waals surface area contributed by atoms with Crippen LogP contribution in [0.15, 0.2) is 23.5 Å². The highest BCUT2D eigenvalue weighted by Gasteiger charge is 2.24. The van der Waals surface area contributed by atoms with Gasteiger partial charge in [0.05, 0.1) is 0 Å². The molecule has 0 saturated carbocycles. The molecule has 1 atom stereocenters. The van der Waals surface area contributed by atoms with Gasteiger partial charge >= 0.3 is 0 Å². The van der Waals surface area contributed by atoms with Crippen molar-refractivity contribution in [1.29, 1.82) is 0 Å². The number of allylic oxidation sites excluding steroid dienone is 2. The van der Waals surface area contributed by atoms with Gasteiger partial charge in [0.2, 0.25) is 0 Å². The molecule has 0 spiro atoms. The van der Waals surface area contributed by atoms with Gasteiger partial charge in [0.1, 0.15) is 17.3 Å². The first-order valence-electron chi connectivity index (χ1n) is 5.20. The minimum Gasteiger partial charge on any atom is -0.508 e. The van der Waals surface area contributed by atoms with E-state index >= 15 is 0 Å². The molecule has 1 aliphatic heterocycles. The van der Waals surface area contributed by atoms with E-state index in [-0.39, 0.29) is 0 Å². The molecule has 0 saturated heterocycles. The molecule has 1 N–H and O–H groups in total. The number of aromatic hydroxyl groups is 1. The summed E-state index contributed by atoms with van der Waals surface area (Å²) in [7, 11) is 0. The smallest absolute Gasteiger partial charge is 0.131 e. The number of benzene rings is 1. The van der Waals surface area contributed by atoms with Crippen LogP contribution < -0.4 is 4.74 Å². The van der Waals surface area contributed by atoms with E-state index in [2.05, 4.69) is 13.8 Å². The van der Waals surface area contributed by atoms with Crippen molar-refractivity contribution in [1.82, 2.24) is 0 Å². The zero-order valence-electron chi connectivity index (χ0n) is 9.59.